The van der Waals surface area contributed by atoms with Crippen molar-refractivity contribution in [2.24, 2.45) is 0 Å². The van der Waals surface area contributed by atoms with E-state index in [1.54, 1.807) is 0 Å². The van der Waals surface area contributed by atoms with Crippen LogP contribution in [0.15, 0.2) is 22.7 Å². The number of aliphatic hydroxyl groups excluding tert-OH is 1. The van der Waals surface area contributed by atoms with Crippen molar-refractivity contribution < 1.29 is 19.0 Å². The van der Waals surface area contributed by atoms with Gasteiger partial charge in [-0.2, -0.15) is 0 Å². The number of rotatable bonds is 4. The zero-order valence-corrected chi connectivity index (χ0v) is 10.9. The summed E-state index contributed by atoms with van der Waals surface area (Å²) in [6.07, 6.45) is -3.14. The van der Waals surface area contributed by atoms with Crippen LogP contribution in [0.5, 0.6) is 0 Å². The van der Waals surface area contributed by atoms with Crippen molar-refractivity contribution in [1.29, 1.82) is 0 Å². The van der Waals surface area contributed by atoms with Gasteiger partial charge in [0.25, 0.3) is 6.43 Å². The minimum atomic E-state index is -3.14. The molecule has 90 valence electrons. The highest BCUT2D eigenvalue weighted by Gasteiger charge is 2.39. The van der Waals surface area contributed by atoms with Crippen LogP contribution in [0.1, 0.15) is 11.1 Å². The highest BCUT2D eigenvalue weighted by molar-refractivity contribution is 9.10. The number of aliphatic hydroxyl groups is 2. The lowest BCUT2D eigenvalue weighted by atomic mass is 9.40. The zero-order chi connectivity index (χ0) is 14.1. The van der Waals surface area contributed by atoms with Crippen LogP contribution in [0.25, 0.3) is 0 Å². The molecule has 1 rings (SSSR count). The molecule has 0 spiro atoms. The molecule has 0 bridgehead atoms. The van der Waals surface area contributed by atoms with Crippen LogP contribution in [-0.4, -0.2) is 46.8 Å². The van der Waals surface area contributed by atoms with Crippen LogP contribution in [0, 0.1) is 0 Å². The summed E-state index contributed by atoms with van der Waals surface area (Å²) in [4.78, 5) is 0. The number of benzene rings is 1. The molecule has 18 heavy (non-hydrogen) atoms. The lowest BCUT2D eigenvalue weighted by Gasteiger charge is -2.28. The highest BCUT2D eigenvalue weighted by Crippen LogP contribution is 2.33. The van der Waals surface area contributed by atoms with Gasteiger partial charge in [0.05, 0.1) is 30.1 Å². The molecule has 0 amide bonds. The fourth-order valence-electron chi connectivity index (χ4n) is 1.42. The summed E-state index contributed by atoms with van der Waals surface area (Å²) < 4.78 is 25.7. The smallest absolute Gasteiger partial charge is 0.273 e. The van der Waals surface area contributed by atoms with Gasteiger partial charge in [0.1, 0.15) is 0 Å². The van der Waals surface area contributed by atoms with E-state index in [-0.39, 0.29) is 15.6 Å². The van der Waals surface area contributed by atoms with E-state index in [2.05, 4.69) is 15.9 Å². The van der Waals surface area contributed by atoms with Crippen LogP contribution in [0.2, 0.25) is 0 Å². The van der Waals surface area contributed by atoms with Gasteiger partial charge in [-0.3, -0.25) is 0 Å². The van der Waals surface area contributed by atoms with Crippen LogP contribution in [0.4, 0.5) is 8.78 Å². The first kappa shape index (κ1) is 15.7. The van der Waals surface area contributed by atoms with Crippen molar-refractivity contribution in [1.82, 2.24) is 0 Å². The Morgan fingerprint density at radius 1 is 1.28 bits per heavy atom. The summed E-state index contributed by atoms with van der Waals surface area (Å²) >= 11 is 3.08. The third-order valence-corrected chi connectivity index (χ3v) is 3.19. The Morgan fingerprint density at radius 3 is 2.17 bits per heavy atom. The fraction of sp³-hybridized carbons (Fsp3) is 0.400. The topological polar surface area (TPSA) is 40.5 Å². The maximum Gasteiger partial charge on any atom is 0.273 e. The predicted octanol–water partition coefficient (Wildman–Crippen LogP) is 0.510. The molecule has 0 aromatic heterocycles. The molecule has 2 nitrogen and oxygen atoms in total. The Bertz CT molecular complexity index is 440. The largest absolute Gasteiger partial charge is 0.393 e. The maximum atomic E-state index is 12.7. The Kier molecular flexibility index (Phi) is 4.68. The van der Waals surface area contributed by atoms with Crippen molar-refractivity contribution in [3.63, 3.8) is 0 Å². The molecule has 0 saturated carbocycles. The standard InChI is InChI=1S/C10H8B3BrF2O2/c11-10(12,13)6-2-1-5(3-7(6)14)9(18,4-17)8(15)16/h1-3,8,17-18H,4H2. The van der Waals surface area contributed by atoms with Gasteiger partial charge in [0, 0.05) is 4.47 Å². The van der Waals surface area contributed by atoms with Crippen molar-refractivity contribution in [3.05, 3.63) is 33.8 Å². The van der Waals surface area contributed by atoms with Gasteiger partial charge in [-0.1, -0.05) is 33.6 Å². The SMILES string of the molecule is [B]C([B])([B])c1ccc(C(O)(CO)C(F)F)cc1Br. The van der Waals surface area contributed by atoms with Gasteiger partial charge >= 0.3 is 0 Å². The van der Waals surface area contributed by atoms with Crippen molar-refractivity contribution in [2.45, 2.75) is 17.1 Å². The quantitative estimate of drug-likeness (QED) is 0.796. The molecule has 2 N–H and O–H groups in total. The van der Waals surface area contributed by atoms with Crippen LogP contribution >= 0.6 is 15.9 Å². The van der Waals surface area contributed by atoms with E-state index in [9.17, 15) is 13.9 Å². The molecular weight excluding hydrogens is 302 g/mol. The Labute approximate surface area is 116 Å². The first-order valence-corrected chi connectivity index (χ1v) is 5.70. The molecule has 0 aliphatic heterocycles. The van der Waals surface area contributed by atoms with E-state index in [0.717, 1.165) is 0 Å². The van der Waals surface area contributed by atoms with Crippen molar-refractivity contribution >= 4 is 39.5 Å². The lowest BCUT2D eigenvalue weighted by Crippen LogP contribution is -2.38. The van der Waals surface area contributed by atoms with Crippen LogP contribution in [0.3, 0.4) is 0 Å². The molecular formula is C10H8B3BrF2O2. The molecule has 1 unspecified atom stereocenters. The van der Waals surface area contributed by atoms with Gasteiger partial charge in [0.2, 0.25) is 0 Å². The highest BCUT2D eigenvalue weighted by atomic mass is 79.9. The predicted molar refractivity (Wildman–Crippen MR) is 70.1 cm³/mol. The molecule has 0 saturated heterocycles. The molecule has 8 heteroatoms. The summed E-state index contributed by atoms with van der Waals surface area (Å²) in [6, 6.07) is 3.69. The summed E-state index contributed by atoms with van der Waals surface area (Å²) in [5, 5.41) is 16.9. The van der Waals surface area contributed by atoms with E-state index < -0.39 is 23.7 Å². The molecule has 0 aliphatic carbocycles. The summed E-state index contributed by atoms with van der Waals surface area (Å²) in [5.74, 6) is 0. The molecule has 0 fully saturated rings. The molecule has 1 aromatic rings. The van der Waals surface area contributed by atoms with Gasteiger partial charge in [0.15, 0.2) is 5.60 Å². The second-order valence-corrected chi connectivity index (χ2v) is 4.87. The Hall–Kier alpha value is -0.325. The van der Waals surface area contributed by atoms with Crippen LogP contribution in [-0.2, 0) is 10.7 Å². The number of hydrogen-bond acceptors (Lipinski definition) is 2. The Balaban J connectivity index is 3.27. The molecule has 1 aromatic carbocycles. The van der Waals surface area contributed by atoms with Gasteiger partial charge in [-0.15, -0.1) is 5.11 Å². The van der Waals surface area contributed by atoms with Crippen molar-refractivity contribution in [2.75, 3.05) is 6.61 Å². The Morgan fingerprint density at radius 2 is 1.83 bits per heavy atom. The van der Waals surface area contributed by atoms with Gasteiger partial charge in [-0.05, 0) is 11.6 Å². The van der Waals surface area contributed by atoms with Crippen LogP contribution < -0.4 is 0 Å². The van der Waals surface area contributed by atoms with E-state index in [4.69, 9.17) is 28.6 Å². The minimum absolute atomic E-state index is 0.167. The average Bonchev–Trinajstić information content (AvgIpc) is 2.25. The van der Waals surface area contributed by atoms with Gasteiger partial charge in [-0.25, -0.2) is 8.78 Å². The van der Waals surface area contributed by atoms with E-state index in [1.807, 2.05) is 0 Å². The van der Waals surface area contributed by atoms with E-state index in [0.29, 0.717) is 0 Å². The molecule has 1 atom stereocenters. The number of hydrogen-bond donors (Lipinski definition) is 2. The molecule has 6 radical (unpaired) electrons. The summed E-state index contributed by atoms with van der Waals surface area (Å²) in [6.45, 7) is -1.12. The normalized spacial score (nSPS) is 15.7. The van der Waals surface area contributed by atoms with Gasteiger partial charge < -0.3 is 10.2 Å². The van der Waals surface area contributed by atoms with Crippen molar-refractivity contribution in [3.8, 4) is 0 Å². The monoisotopic (exact) mass is 310 g/mol. The second-order valence-electron chi connectivity index (χ2n) is 4.01. The zero-order valence-electron chi connectivity index (χ0n) is 9.28. The molecule has 0 heterocycles. The minimum Gasteiger partial charge on any atom is -0.393 e. The first-order chi connectivity index (χ1) is 8.13. The number of alkyl halides is 2. The second kappa shape index (κ2) is 5.35. The summed E-state index contributed by atoms with van der Waals surface area (Å²) in [7, 11) is 16.4. The maximum absolute atomic E-state index is 12.7. The lowest BCUT2D eigenvalue weighted by molar-refractivity contribution is -0.129. The van der Waals surface area contributed by atoms with E-state index >= 15 is 0 Å². The molecule has 0 aliphatic rings. The third-order valence-electron chi connectivity index (χ3n) is 2.54. The third kappa shape index (κ3) is 2.98. The summed E-state index contributed by atoms with van der Waals surface area (Å²) in [5.41, 5.74) is -2.53. The fourth-order valence-corrected chi connectivity index (χ4v) is 2.14. The van der Waals surface area contributed by atoms with E-state index in [1.165, 1.54) is 18.2 Å². The first-order valence-electron chi connectivity index (χ1n) is 4.91. The average molecular weight is 311 g/mol. The number of halogens is 3.